The van der Waals surface area contributed by atoms with Crippen LogP contribution in [0.25, 0.3) is 22.3 Å². The van der Waals surface area contributed by atoms with E-state index in [1.807, 2.05) is 12.1 Å². The van der Waals surface area contributed by atoms with Gasteiger partial charge in [-0.2, -0.15) is 0 Å². The maximum Gasteiger partial charge on any atom is 0.0393 e. The molecule has 0 amide bonds. The van der Waals surface area contributed by atoms with Gasteiger partial charge in [-0.05, 0) is 55.8 Å². The van der Waals surface area contributed by atoms with Crippen molar-refractivity contribution in [2.75, 3.05) is 5.73 Å². The van der Waals surface area contributed by atoms with Crippen LogP contribution in [0.15, 0.2) is 54.6 Å². The Balaban J connectivity index is 2.16. The molecular formula is C29H35N. The number of anilines is 1. The molecule has 0 saturated carbocycles. The summed E-state index contributed by atoms with van der Waals surface area (Å²) in [6.07, 6.45) is 0. The average molecular weight is 398 g/mol. The second-order valence-electron chi connectivity index (χ2n) is 11.4. The minimum atomic E-state index is -0.0501. The lowest BCUT2D eigenvalue weighted by Crippen LogP contribution is -2.21. The van der Waals surface area contributed by atoms with Crippen LogP contribution in [0.4, 0.5) is 5.69 Å². The summed E-state index contributed by atoms with van der Waals surface area (Å²) in [5, 5.41) is 0. The number of fused-ring (bicyclic) bond motifs is 3. The smallest absolute Gasteiger partial charge is 0.0393 e. The lowest BCUT2D eigenvalue weighted by atomic mass is 9.74. The molecule has 156 valence electrons. The van der Waals surface area contributed by atoms with Crippen LogP contribution in [0.5, 0.6) is 0 Å². The first-order valence-electron chi connectivity index (χ1n) is 11.0. The molecule has 3 aromatic carbocycles. The highest BCUT2D eigenvalue weighted by molar-refractivity contribution is 5.96. The Labute approximate surface area is 182 Å². The van der Waals surface area contributed by atoms with Gasteiger partial charge in [-0.25, -0.2) is 0 Å². The van der Waals surface area contributed by atoms with Crippen LogP contribution in [0, 0.1) is 0 Å². The van der Waals surface area contributed by atoms with Crippen LogP contribution < -0.4 is 5.73 Å². The number of hydrogen-bond donors (Lipinski definition) is 1. The molecule has 0 aromatic heterocycles. The highest BCUT2D eigenvalue weighted by atomic mass is 14.6. The summed E-state index contributed by atoms with van der Waals surface area (Å²) in [5.41, 5.74) is 18.2. The molecule has 0 aliphatic heterocycles. The Morgan fingerprint density at radius 2 is 1.30 bits per heavy atom. The molecule has 1 nitrogen and oxygen atoms in total. The molecule has 1 aliphatic carbocycles. The first-order chi connectivity index (χ1) is 13.8. The van der Waals surface area contributed by atoms with Crippen molar-refractivity contribution in [2.45, 2.75) is 71.6 Å². The molecule has 4 rings (SSSR count). The number of nitrogen functional groups attached to an aromatic ring is 1. The molecule has 3 aromatic rings. The van der Waals surface area contributed by atoms with Crippen LogP contribution in [-0.2, 0) is 16.2 Å². The van der Waals surface area contributed by atoms with Gasteiger partial charge in [0, 0.05) is 16.7 Å². The van der Waals surface area contributed by atoms with Gasteiger partial charge in [0.1, 0.15) is 0 Å². The molecule has 1 aliphatic rings. The van der Waals surface area contributed by atoms with Gasteiger partial charge in [-0.1, -0.05) is 104 Å². The molecule has 0 fully saturated rings. The molecule has 2 N–H and O–H groups in total. The van der Waals surface area contributed by atoms with Crippen LogP contribution >= 0.6 is 0 Å². The summed E-state index contributed by atoms with van der Waals surface area (Å²) < 4.78 is 0. The van der Waals surface area contributed by atoms with E-state index in [0.29, 0.717) is 0 Å². The van der Waals surface area contributed by atoms with Crippen LogP contribution in [0.2, 0.25) is 0 Å². The van der Waals surface area contributed by atoms with E-state index in [1.165, 1.54) is 38.9 Å². The van der Waals surface area contributed by atoms with Crippen molar-refractivity contribution in [2.24, 2.45) is 0 Å². The van der Waals surface area contributed by atoms with E-state index in [2.05, 4.69) is 97.9 Å². The number of benzene rings is 3. The molecule has 1 heteroatoms. The summed E-state index contributed by atoms with van der Waals surface area (Å²) in [6.45, 7) is 18.7. The van der Waals surface area contributed by atoms with Crippen molar-refractivity contribution >= 4 is 5.69 Å². The van der Waals surface area contributed by atoms with E-state index in [1.54, 1.807) is 0 Å². The largest absolute Gasteiger partial charge is 0.398 e. The van der Waals surface area contributed by atoms with Crippen molar-refractivity contribution in [3.05, 3.63) is 76.9 Å². The van der Waals surface area contributed by atoms with E-state index < -0.39 is 0 Å². The summed E-state index contributed by atoms with van der Waals surface area (Å²) >= 11 is 0. The van der Waals surface area contributed by atoms with Crippen molar-refractivity contribution in [3.63, 3.8) is 0 Å². The lowest BCUT2D eigenvalue weighted by molar-refractivity contribution is 0.564. The van der Waals surface area contributed by atoms with E-state index in [4.69, 9.17) is 5.73 Å². The fourth-order valence-corrected chi connectivity index (χ4v) is 4.88. The summed E-state index contributed by atoms with van der Waals surface area (Å²) in [4.78, 5) is 0. The third kappa shape index (κ3) is 3.07. The van der Waals surface area contributed by atoms with Gasteiger partial charge in [0.2, 0.25) is 0 Å². The van der Waals surface area contributed by atoms with E-state index in [9.17, 15) is 0 Å². The van der Waals surface area contributed by atoms with Crippen LogP contribution in [-0.4, -0.2) is 0 Å². The van der Waals surface area contributed by atoms with Gasteiger partial charge >= 0.3 is 0 Å². The molecule has 0 heterocycles. The minimum absolute atomic E-state index is 0.0401. The Morgan fingerprint density at radius 3 is 1.90 bits per heavy atom. The lowest BCUT2D eigenvalue weighted by Gasteiger charge is -2.30. The Morgan fingerprint density at radius 1 is 0.667 bits per heavy atom. The van der Waals surface area contributed by atoms with Gasteiger partial charge in [0.25, 0.3) is 0 Å². The Bertz CT molecular complexity index is 1130. The Hall–Kier alpha value is -2.54. The predicted molar refractivity (Wildman–Crippen MR) is 131 cm³/mol. The quantitative estimate of drug-likeness (QED) is 0.416. The molecule has 0 atom stereocenters. The number of rotatable bonds is 1. The predicted octanol–water partition coefficient (Wildman–Crippen LogP) is 7.84. The summed E-state index contributed by atoms with van der Waals surface area (Å²) in [7, 11) is 0. The molecule has 0 spiro atoms. The monoisotopic (exact) mass is 397 g/mol. The first kappa shape index (κ1) is 20.7. The maximum absolute atomic E-state index is 6.44. The summed E-state index contributed by atoms with van der Waals surface area (Å²) in [6, 6.07) is 19.9. The van der Waals surface area contributed by atoms with Gasteiger partial charge in [-0.3, -0.25) is 0 Å². The average Bonchev–Trinajstić information content (AvgIpc) is 2.88. The summed E-state index contributed by atoms with van der Waals surface area (Å²) in [5.74, 6) is 0. The van der Waals surface area contributed by atoms with Gasteiger partial charge in [0.05, 0.1) is 0 Å². The third-order valence-electron chi connectivity index (χ3n) is 6.72. The zero-order valence-electron chi connectivity index (χ0n) is 19.8. The Kier molecular flexibility index (Phi) is 4.47. The fourth-order valence-electron chi connectivity index (χ4n) is 4.88. The van der Waals surface area contributed by atoms with E-state index in [0.717, 1.165) is 11.3 Å². The molecule has 0 unspecified atom stereocenters. The van der Waals surface area contributed by atoms with E-state index in [-0.39, 0.29) is 16.2 Å². The van der Waals surface area contributed by atoms with Crippen molar-refractivity contribution in [1.82, 2.24) is 0 Å². The standard InChI is InChI=1S/C29H35N/c1-27(2,3)18-16-22(28(4,5)6)26-23(17-18)29(7,8)21-14-11-13-20(25(21)26)19-12-9-10-15-24(19)30/h9-17H,30H2,1-8H3. The second kappa shape index (κ2) is 6.48. The molecule has 0 bridgehead atoms. The third-order valence-corrected chi connectivity index (χ3v) is 6.72. The first-order valence-corrected chi connectivity index (χ1v) is 11.0. The molecule has 30 heavy (non-hydrogen) atoms. The van der Waals surface area contributed by atoms with Gasteiger partial charge in [-0.15, -0.1) is 0 Å². The highest BCUT2D eigenvalue weighted by Gasteiger charge is 2.41. The van der Waals surface area contributed by atoms with Crippen LogP contribution in [0.1, 0.15) is 77.6 Å². The highest BCUT2D eigenvalue weighted by Crippen LogP contribution is 2.56. The molecular weight excluding hydrogens is 362 g/mol. The van der Waals surface area contributed by atoms with Crippen LogP contribution in [0.3, 0.4) is 0 Å². The van der Waals surface area contributed by atoms with E-state index >= 15 is 0 Å². The minimum Gasteiger partial charge on any atom is -0.398 e. The normalized spacial score (nSPS) is 15.1. The number of hydrogen-bond acceptors (Lipinski definition) is 1. The number of nitrogens with two attached hydrogens (primary N) is 1. The van der Waals surface area contributed by atoms with Crippen molar-refractivity contribution in [1.29, 1.82) is 0 Å². The SMILES string of the molecule is CC(C)(C)c1cc(C(C)(C)C)c2c(c1)C(C)(C)c1cccc(-c3ccccc3N)c1-2. The van der Waals surface area contributed by atoms with Gasteiger partial charge in [0.15, 0.2) is 0 Å². The fraction of sp³-hybridized carbons (Fsp3) is 0.379. The zero-order chi connectivity index (χ0) is 22.1. The second-order valence-corrected chi connectivity index (χ2v) is 11.4. The topological polar surface area (TPSA) is 26.0 Å². The maximum atomic E-state index is 6.44. The van der Waals surface area contributed by atoms with Crippen molar-refractivity contribution in [3.8, 4) is 22.3 Å². The molecule has 0 radical (unpaired) electrons. The molecule has 0 saturated heterocycles. The van der Waals surface area contributed by atoms with Gasteiger partial charge < -0.3 is 5.73 Å². The van der Waals surface area contributed by atoms with Crippen molar-refractivity contribution < 1.29 is 0 Å². The zero-order valence-corrected chi connectivity index (χ0v) is 19.8. The number of para-hydroxylation sites is 1.